The number of hydrogen-bond donors (Lipinski definition) is 1. The third-order valence-electron chi connectivity index (χ3n) is 4.40. The van der Waals surface area contributed by atoms with Crippen LogP contribution >= 0.6 is 0 Å². The van der Waals surface area contributed by atoms with Crippen LogP contribution in [0.25, 0.3) is 0 Å². The van der Waals surface area contributed by atoms with E-state index in [2.05, 4.69) is 5.32 Å². The van der Waals surface area contributed by atoms with E-state index in [0.717, 1.165) is 35.5 Å². The average molecular weight is 308 g/mol. The lowest BCUT2D eigenvalue weighted by Gasteiger charge is -2.10. The van der Waals surface area contributed by atoms with Crippen LogP contribution in [0, 0.1) is 0 Å². The molecular formula is C18H16N2O3. The molecule has 2 aliphatic heterocycles. The van der Waals surface area contributed by atoms with Gasteiger partial charge in [-0.1, -0.05) is 0 Å². The van der Waals surface area contributed by atoms with Crippen LogP contribution < -0.4 is 15.0 Å². The van der Waals surface area contributed by atoms with Crippen LogP contribution in [0.3, 0.4) is 0 Å². The first-order chi connectivity index (χ1) is 11.2. The number of benzene rings is 2. The Bertz CT molecular complexity index is 812. The Hall–Kier alpha value is -2.82. The summed E-state index contributed by atoms with van der Waals surface area (Å²) in [7, 11) is 1.60. The van der Waals surface area contributed by atoms with Crippen molar-refractivity contribution in [3.05, 3.63) is 53.1 Å². The number of anilines is 2. The maximum absolute atomic E-state index is 12.5. The lowest BCUT2D eigenvalue weighted by molar-refractivity contribution is -0.117. The fraction of sp³-hybridized carbons (Fsp3) is 0.222. The highest BCUT2D eigenvalue weighted by Gasteiger charge is 2.34. The van der Waals surface area contributed by atoms with Gasteiger partial charge in [0.1, 0.15) is 5.75 Å². The van der Waals surface area contributed by atoms with Crippen LogP contribution in [-0.2, 0) is 17.6 Å². The second-order valence-electron chi connectivity index (χ2n) is 5.80. The van der Waals surface area contributed by atoms with Crippen molar-refractivity contribution < 1.29 is 14.3 Å². The molecular weight excluding hydrogens is 292 g/mol. The van der Waals surface area contributed by atoms with Gasteiger partial charge in [-0.3, -0.25) is 9.59 Å². The molecule has 5 heteroatoms. The first-order valence-corrected chi connectivity index (χ1v) is 7.57. The number of methoxy groups -OCH3 is 1. The summed E-state index contributed by atoms with van der Waals surface area (Å²) in [6.07, 6.45) is 1.21. The molecule has 2 heterocycles. The first kappa shape index (κ1) is 13.8. The molecule has 0 radical (unpaired) electrons. The molecule has 0 unspecified atom stereocenters. The number of hydrogen-bond acceptors (Lipinski definition) is 3. The van der Waals surface area contributed by atoms with Gasteiger partial charge >= 0.3 is 0 Å². The van der Waals surface area contributed by atoms with Crippen molar-refractivity contribution in [2.75, 3.05) is 23.9 Å². The van der Waals surface area contributed by atoms with Gasteiger partial charge in [-0.15, -0.1) is 0 Å². The highest BCUT2D eigenvalue weighted by atomic mass is 16.5. The number of ether oxygens (including phenoxy) is 1. The average Bonchev–Trinajstić information content (AvgIpc) is 3.13. The van der Waals surface area contributed by atoms with Crippen molar-refractivity contribution >= 4 is 23.2 Å². The zero-order valence-corrected chi connectivity index (χ0v) is 12.8. The highest BCUT2D eigenvalue weighted by molar-refractivity contribution is 6.08. The summed E-state index contributed by atoms with van der Waals surface area (Å²) in [6.45, 7) is 0.727. The van der Waals surface area contributed by atoms with Gasteiger partial charge in [0.25, 0.3) is 5.91 Å². The molecule has 116 valence electrons. The molecule has 0 aliphatic carbocycles. The van der Waals surface area contributed by atoms with E-state index in [-0.39, 0.29) is 11.8 Å². The normalized spacial score (nSPS) is 14.8. The molecule has 0 saturated heterocycles. The summed E-state index contributed by atoms with van der Waals surface area (Å²) in [6, 6.07) is 10.9. The van der Waals surface area contributed by atoms with Gasteiger partial charge in [-0.05, 0) is 53.9 Å². The van der Waals surface area contributed by atoms with E-state index in [0.29, 0.717) is 17.7 Å². The predicted molar refractivity (Wildman–Crippen MR) is 87.2 cm³/mol. The molecule has 0 fully saturated rings. The third kappa shape index (κ3) is 2.25. The van der Waals surface area contributed by atoms with E-state index in [9.17, 15) is 9.59 Å². The second kappa shape index (κ2) is 5.12. The number of nitrogens with one attached hydrogen (secondary N) is 1. The van der Waals surface area contributed by atoms with Crippen LogP contribution in [0.15, 0.2) is 36.4 Å². The molecule has 2 aromatic rings. The van der Waals surface area contributed by atoms with Gasteiger partial charge in [0.05, 0.1) is 19.2 Å². The van der Waals surface area contributed by atoms with Crippen molar-refractivity contribution in [3.8, 4) is 5.75 Å². The van der Waals surface area contributed by atoms with Crippen molar-refractivity contribution in [1.82, 2.24) is 0 Å². The lowest BCUT2D eigenvalue weighted by atomic mass is 10.0. The van der Waals surface area contributed by atoms with E-state index in [1.54, 1.807) is 31.4 Å². The zero-order valence-electron chi connectivity index (χ0n) is 12.8. The Morgan fingerprint density at radius 2 is 1.91 bits per heavy atom. The van der Waals surface area contributed by atoms with Gasteiger partial charge < -0.3 is 15.0 Å². The van der Waals surface area contributed by atoms with Crippen molar-refractivity contribution in [2.45, 2.75) is 12.8 Å². The Balaban J connectivity index is 1.60. The summed E-state index contributed by atoms with van der Waals surface area (Å²) in [5.74, 6) is 0.714. The first-order valence-electron chi connectivity index (χ1n) is 7.57. The van der Waals surface area contributed by atoms with Crippen LogP contribution in [0.5, 0.6) is 5.75 Å². The standard InChI is InChI=1S/C18H16N2O3/c1-23-15-4-2-14(3-5-15)19-18(22)13-8-11-6-7-20-16(21)10-12(9-13)17(11)20/h2-5,8-9H,6-7,10H2,1H3,(H,19,22). The highest BCUT2D eigenvalue weighted by Crippen LogP contribution is 2.38. The molecule has 0 spiro atoms. The van der Waals surface area contributed by atoms with Crippen LogP contribution in [0.1, 0.15) is 21.5 Å². The van der Waals surface area contributed by atoms with Crippen LogP contribution in [0.4, 0.5) is 11.4 Å². The Kier molecular flexibility index (Phi) is 3.08. The maximum Gasteiger partial charge on any atom is 0.255 e. The molecule has 2 aliphatic rings. The van der Waals surface area contributed by atoms with E-state index < -0.39 is 0 Å². The van der Waals surface area contributed by atoms with E-state index in [1.807, 2.05) is 17.0 Å². The largest absolute Gasteiger partial charge is 0.497 e. The minimum absolute atomic E-state index is 0.131. The van der Waals surface area contributed by atoms with Gasteiger partial charge in [0.2, 0.25) is 5.91 Å². The third-order valence-corrected chi connectivity index (χ3v) is 4.40. The van der Waals surface area contributed by atoms with Crippen molar-refractivity contribution in [3.63, 3.8) is 0 Å². The van der Waals surface area contributed by atoms with Crippen molar-refractivity contribution in [1.29, 1.82) is 0 Å². The lowest BCUT2D eigenvalue weighted by Crippen LogP contribution is -2.24. The molecule has 0 atom stereocenters. The molecule has 0 bridgehead atoms. The van der Waals surface area contributed by atoms with Gasteiger partial charge in [-0.25, -0.2) is 0 Å². The molecule has 2 aromatic carbocycles. The smallest absolute Gasteiger partial charge is 0.255 e. The minimum Gasteiger partial charge on any atom is -0.497 e. The number of carbonyl (C=O) groups is 2. The number of amides is 2. The molecule has 23 heavy (non-hydrogen) atoms. The van der Waals surface area contributed by atoms with Crippen LogP contribution in [-0.4, -0.2) is 25.5 Å². The van der Waals surface area contributed by atoms with Crippen molar-refractivity contribution in [2.24, 2.45) is 0 Å². The Morgan fingerprint density at radius 3 is 2.65 bits per heavy atom. The zero-order chi connectivity index (χ0) is 16.0. The summed E-state index contributed by atoms with van der Waals surface area (Å²) in [4.78, 5) is 26.3. The topological polar surface area (TPSA) is 58.6 Å². The molecule has 5 nitrogen and oxygen atoms in total. The molecule has 1 N–H and O–H groups in total. The maximum atomic E-state index is 12.5. The van der Waals surface area contributed by atoms with Gasteiger partial charge in [-0.2, -0.15) is 0 Å². The molecule has 2 amide bonds. The fourth-order valence-corrected chi connectivity index (χ4v) is 3.29. The number of nitrogens with zero attached hydrogens (tertiary/aromatic N) is 1. The van der Waals surface area contributed by atoms with E-state index in [4.69, 9.17) is 4.74 Å². The number of rotatable bonds is 3. The van der Waals surface area contributed by atoms with E-state index in [1.165, 1.54) is 0 Å². The van der Waals surface area contributed by atoms with E-state index >= 15 is 0 Å². The summed E-state index contributed by atoms with van der Waals surface area (Å²) in [5.41, 5.74) is 4.39. The molecule has 0 aromatic heterocycles. The van der Waals surface area contributed by atoms with Gasteiger partial charge in [0.15, 0.2) is 0 Å². The quantitative estimate of drug-likeness (QED) is 0.947. The Labute approximate surface area is 133 Å². The molecule has 4 rings (SSSR count). The summed E-state index contributed by atoms with van der Waals surface area (Å²) in [5, 5.41) is 2.88. The monoisotopic (exact) mass is 308 g/mol. The predicted octanol–water partition coefficient (Wildman–Crippen LogP) is 2.39. The second-order valence-corrected chi connectivity index (χ2v) is 5.80. The van der Waals surface area contributed by atoms with Crippen LogP contribution in [0.2, 0.25) is 0 Å². The minimum atomic E-state index is -0.160. The summed E-state index contributed by atoms with van der Waals surface area (Å²) < 4.78 is 5.10. The SMILES string of the molecule is COc1ccc(NC(=O)c2cc3c4c(c2)CC(=O)N4CC3)cc1. The number of carbonyl (C=O) groups excluding carboxylic acids is 2. The van der Waals surface area contributed by atoms with Gasteiger partial charge in [0, 0.05) is 17.8 Å². The molecule has 0 saturated carbocycles. The fourth-order valence-electron chi connectivity index (χ4n) is 3.29. The Morgan fingerprint density at radius 1 is 1.17 bits per heavy atom. The summed E-state index contributed by atoms with van der Waals surface area (Å²) >= 11 is 0.